The summed E-state index contributed by atoms with van der Waals surface area (Å²) in [5.74, 6) is 0.722. The topological polar surface area (TPSA) is 58.6 Å². The molecule has 0 spiro atoms. The Morgan fingerprint density at radius 1 is 1.07 bits per heavy atom. The van der Waals surface area contributed by atoms with E-state index in [1.807, 2.05) is 41.3 Å². The smallest absolute Gasteiger partial charge is 0.254 e. The molecular formula is C22H23BrN2O3. The monoisotopic (exact) mass is 442 g/mol. The molecule has 1 aliphatic carbocycles. The van der Waals surface area contributed by atoms with Gasteiger partial charge in [-0.05, 0) is 68.1 Å². The van der Waals surface area contributed by atoms with Gasteiger partial charge < -0.3 is 15.0 Å². The number of hydrogen-bond acceptors (Lipinski definition) is 3. The number of rotatable bonds is 6. The molecule has 1 aliphatic heterocycles. The van der Waals surface area contributed by atoms with Gasteiger partial charge >= 0.3 is 0 Å². The Kier molecular flexibility index (Phi) is 5.67. The standard InChI is InChI=1S/C22H23BrN2O3/c23-17-4-1-3-16(13-17)22(27)25-12-2-5-19(25)14-28-20-10-6-15(7-11-20)21(26)24-18-8-9-18/h1,3-4,6-7,10-11,13,18-19H,2,5,8-9,12,14H2,(H,24,26)/t19-/m0/s1. The second kappa shape index (κ2) is 8.35. The summed E-state index contributed by atoms with van der Waals surface area (Å²) in [6.45, 7) is 1.20. The second-order valence-corrected chi connectivity index (χ2v) is 8.30. The van der Waals surface area contributed by atoms with Crippen molar-refractivity contribution in [3.05, 3.63) is 64.1 Å². The van der Waals surface area contributed by atoms with Gasteiger partial charge in [0.2, 0.25) is 0 Å². The lowest BCUT2D eigenvalue weighted by Crippen LogP contribution is -2.39. The minimum absolute atomic E-state index is 0.0318. The molecule has 2 aromatic carbocycles. The first-order chi connectivity index (χ1) is 13.6. The van der Waals surface area contributed by atoms with Gasteiger partial charge in [-0.25, -0.2) is 0 Å². The van der Waals surface area contributed by atoms with Crippen LogP contribution >= 0.6 is 15.9 Å². The van der Waals surface area contributed by atoms with Crippen LogP contribution in [0.1, 0.15) is 46.4 Å². The summed E-state index contributed by atoms with van der Waals surface area (Å²) in [6.07, 6.45) is 4.06. The quantitative estimate of drug-likeness (QED) is 0.734. The van der Waals surface area contributed by atoms with Crippen molar-refractivity contribution in [2.24, 2.45) is 0 Å². The van der Waals surface area contributed by atoms with E-state index in [-0.39, 0.29) is 17.9 Å². The molecule has 2 fully saturated rings. The van der Waals surface area contributed by atoms with Crippen LogP contribution in [0.5, 0.6) is 5.75 Å². The summed E-state index contributed by atoms with van der Waals surface area (Å²) >= 11 is 3.42. The maximum Gasteiger partial charge on any atom is 0.254 e. The van der Waals surface area contributed by atoms with Gasteiger partial charge in [0.1, 0.15) is 12.4 Å². The van der Waals surface area contributed by atoms with Crippen molar-refractivity contribution in [2.45, 2.75) is 37.8 Å². The molecule has 28 heavy (non-hydrogen) atoms. The fourth-order valence-corrected chi connectivity index (χ4v) is 3.85. The van der Waals surface area contributed by atoms with Crippen molar-refractivity contribution in [3.8, 4) is 5.75 Å². The molecule has 1 atom stereocenters. The summed E-state index contributed by atoms with van der Waals surface area (Å²) in [4.78, 5) is 26.8. The molecule has 1 heterocycles. The fourth-order valence-electron chi connectivity index (χ4n) is 3.46. The van der Waals surface area contributed by atoms with Gasteiger partial charge in [-0.15, -0.1) is 0 Å². The molecule has 0 unspecified atom stereocenters. The average Bonchev–Trinajstić information content (AvgIpc) is 3.39. The molecule has 1 N–H and O–H groups in total. The van der Waals surface area contributed by atoms with Crippen molar-refractivity contribution in [1.82, 2.24) is 10.2 Å². The van der Waals surface area contributed by atoms with E-state index in [2.05, 4.69) is 21.2 Å². The van der Waals surface area contributed by atoms with E-state index in [4.69, 9.17) is 4.74 Å². The van der Waals surface area contributed by atoms with E-state index in [0.717, 1.165) is 36.7 Å². The molecular weight excluding hydrogens is 420 g/mol. The molecule has 0 radical (unpaired) electrons. The third kappa shape index (κ3) is 4.55. The van der Waals surface area contributed by atoms with Crippen LogP contribution < -0.4 is 10.1 Å². The van der Waals surface area contributed by atoms with Crippen molar-refractivity contribution in [2.75, 3.05) is 13.2 Å². The van der Waals surface area contributed by atoms with Crippen LogP contribution in [-0.2, 0) is 0 Å². The van der Waals surface area contributed by atoms with E-state index in [1.165, 1.54) is 0 Å². The normalized spacial score (nSPS) is 18.8. The highest BCUT2D eigenvalue weighted by molar-refractivity contribution is 9.10. The number of likely N-dealkylation sites (tertiary alicyclic amines) is 1. The van der Waals surface area contributed by atoms with Gasteiger partial charge in [0, 0.05) is 28.2 Å². The summed E-state index contributed by atoms with van der Waals surface area (Å²) in [7, 11) is 0. The van der Waals surface area contributed by atoms with Gasteiger partial charge in [0.05, 0.1) is 6.04 Å². The zero-order valence-electron chi connectivity index (χ0n) is 15.6. The maximum atomic E-state index is 12.8. The van der Waals surface area contributed by atoms with Gasteiger partial charge in [-0.1, -0.05) is 22.0 Å². The third-order valence-corrected chi connectivity index (χ3v) is 5.67. The predicted molar refractivity (Wildman–Crippen MR) is 111 cm³/mol. The summed E-state index contributed by atoms with van der Waals surface area (Å²) in [6, 6.07) is 15.1. The highest BCUT2D eigenvalue weighted by atomic mass is 79.9. The number of nitrogens with zero attached hydrogens (tertiary/aromatic N) is 1. The van der Waals surface area contributed by atoms with Crippen LogP contribution in [0.15, 0.2) is 53.0 Å². The van der Waals surface area contributed by atoms with Gasteiger partial charge in [0.25, 0.3) is 11.8 Å². The minimum atomic E-state index is -0.0318. The predicted octanol–water partition coefficient (Wildman–Crippen LogP) is 4.02. The first-order valence-electron chi connectivity index (χ1n) is 9.70. The number of carbonyl (C=O) groups is 2. The zero-order chi connectivity index (χ0) is 19.5. The maximum absolute atomic E-state index is 12.8. The number of benzene rings is 2. The minimum Gasteiger partial charge on any atom is -0.491 e. The Morgan fingerprint density at radius 2 is 1.86 bits per heavy atom. The van der Waals surface area contributed by atoms with Crippen LogP contribution in [-0.4, -0.2) is 41.9 Å². The molecule has 4 rings (SSSR count). The van der Waals surface area contributed by atoms with Crippen LogP contribution in [0.3, 0.4) is 0 Å². The summed E-state index contributed by atoms with van der Waals surface area (Å²) < 4.78 is 6.82. The molecule has 0 aromatic heterocycles. The van der Waals surface area contributed by atoms with E-state index >= 15 is 0 Å². The first-order valence-corrected chi connectivity index (χ1v) is 10.5. The lowest BCUT2D eigenvalue weighted by Gasteiger charge is -2.25. The van der Waals surface area contributed by atoms with E-state index in [9.17, 15) is 9.59 Å². The van der Waals surface area contributed by atoms with E-state index < -0.39 is 0 Å². The van der Waals surface area contributed by atoms with Crippen LogP contribution in [0, 0.1) is 0 Å². The molecule has 6 heteroatoms. The number of carbonyl (C=O) groups excluding carboxylic acids is 2. The van der Waals surface area contributed by atoms with Gasteiger partial charge in [-0.3, -0.25) is 9.59 Å². The fraction of sp³-hybridized carbons (Fsp3) is 0.364. The summed E-state index contributed by atoms with van der Waals surface area (Å²) in [5, 5.41) is 2.98. The molecule has 1 saturated heterocycles. The Bertz CT molecular complexity index is 864. The summed E-state index contributed by atoms with van der Waals surface area (Å²) in [5.41, 5.74) is 1.33. The van der Waals surface area contributed by atoms with Crippen LogP contribution in [0.4, 0.5) is 0 Å². The third-order valence-electron chi connectivity index (χ3n) is 5.18. The highest BCUT2D eigenvalue weighted by Crippen LogP contribution is 2.23. The van der Waals surface area contributed by atoms with Crippen LogP contribution in [0.2, 0.25) is 0 Å². The van der Waals surface area contributed by atoms with E-state index in [0.29, 0.717) is 29.5 Å². The van der Waals surface area contributed by atoms with Gasteiger partial charge in [0.15, 0.2) is 0 Å². The van der Waals surface area contributed by atoms with E-state index in [1.54, 1.807) is 12.1 Å². The van der Waals surface area contributed by atoms with Crippen molar-refractivity contribution in [1.29, 1.82) is 0 Å². The molecule has 5 nitrogen and oxygen atoms in total. The first kappa shape index (κ1) is 19.0. The lowest BCUT2D eigenvalue weighted by atomic mass is 10.1. The molecule has 1 saturated carbocycles. The molecule has 146 valence electrons. The number of halogens is 1. The SMILES string of the molecule is O=C(NC1CC1)c1ccc(OC[C@@H]2CCCN2C(=O)c2cccc(Br)c2)cc1. The number of hydrogen-bond donors (Lipinski definition) is 1. The van der Waals surface area contributed by atoms with Gasteiger partial charge in [-0.2, -0.15) is 0 Å². The van der Waals surface area contributed by atoms with Crippen LogP contribution in [0.25, 0.3) is 0 Å². The van der Waals surface area contributed by atoms with Crippen molar-refractivity contribution in [3.63, 3.8) is 0 Å². The molecule has 2 amide bonds. The Labute approximate surface area is 173 Å². The molecule has 2 aliphatic rings. The number of nitrogens with one attached hydrogen (secondary N) is 1. The Hall–Kier alpha value is -2.34. The number of ether oxygens (including phenoxy) is 1. The number of amides is 2. The Balaban J connectivity index is 1.34. The Morgan fingerprint density at radius 3 is 2.57 bits per heavy atom. The van der Waals surface area contributed by atoms with Crippen molar-refractivity contribution >= 4 is 27.7 Å². The lowest BCUT2D eigenvalue weighted by molar-refractivity contribution is 0.0691. The molecule has 2 aromatic rings. The zero-order valence-corrected chi connectivity index (χ0v) is 17.2. The average molecular weight is 443 g/mol. The molecule has 0 bridgehead atoms. The second-order valence-electron chi connectivity index (χ2n) is 7.39. The van der Waals surface area contributed by atoms with Crippen molar-refractivity contribution < 1.29 is 14.3 Å². The highest BCUT2D eigenvalue weighted by Gasteiger charge is 2.30. The largest absolute Gasteiger partial charge is 0.491 e.